The lowest BCUT2D eigenvalue weighted by atomic mass is 10.0. The van der Waals surface area contributed by atoms with Gasteiger partial charge in [0.1, 0.15) is 0 Å². The fourth-order valence-electron chi connectivity index (χ4n) is 2.31. The molecule has 0 bridgehead atoms. The average Bonchev–Trinajstić information content (AvgIpc) is 2.41. The molecule has 0 aromatic rings. The first-order valence-corrected chi connectivity index (χ1v) is 7.71. The van der Waals surface area contributed by atoms with Crippen LogP contribution in [0.1, 0.15) is 52.4 Å². The molecule has 108 valence electrons. The Morgan fingerprint density at radius 3 is 2.78 bits per heavy atom. The van der Waals surface area contributed by atoms with Crippen molar-refractivity contribution in [1.29, 1.82) is 0 Å². The van der Waals surface area contributed by atoms with E-state index >= 15 is 0 Å². The first kappa shape index (κ1) is 15.9. The van der Waals surface area contributed by atoms with Crippen molar-refractivity contribution < 1.29 is 9.47 Å². The molecule has 0 spiro atoms. The smallest absolute Gasteiger partial charge is 0.0495 e. The largest absolute Gasteiger partial charge is 0.381 e. The van der Waals surface area contributed by atoms with Crippen LogP contribution in [0.4, 0.5) is 0 Å². The lowest BCUT2D eigenvalue weighted by Crippen LogP contribution is -2.26. The Hall–Kier alpha value is -0.120. The molecular weight excluding hydrogens is 226 g/mol. The highest BCUT2D eigenvalue weighted by atomic mass is 16.5. The zero-order chi connectivity index (χ0) is 13.1. The maximum atomic E-state index is 5.76. The number of unbranched alkanes of at least 4 members (excludes halogenated alkanes) is 1. The predicted octanol–water partition coefficient (Wildman–Crippen LogP) is 2.99. The highest BCUT2D eigenvalue weighted by Crippen LogP contribution is 2.14. The minimum atomic E-state index is 0.653. The van der Waals surface area contributed by atoms with E-state index in [0.29, 0.717) is 6.04 Å². The third-order valence-electron chi connectivity index (χ3n) is 3.61. The van der Waals surface area contributed by atoms with Gasteiger partial charge in [0.2, 0.25) is 0 Å². The van der Waals surface area contributed by atoms with Gasteiger partial charge in [0, 0.05) is 32.5 Å². The first-order valence-electron chi connectivity index (χ1n) is 7.71. The molecule has 1 saturated heterocycles. The number of hydrogen-bond acceptors (Lipinski definition) is 3. The van der Waals surface area contributed by atoms with Gasteiger partial charge in [-0.05, 0) is 57.9 Å². The maximum Gasteiger partial charge on any atom is 0.0495 e. The Bertz CT molecular complexity index is 181. The molecule has 1 heterocycles. The predicted molar refractivity (Wildman–Crippen MR) is 76.0 cm³/mol. The minimum absolute atomic E-state index is 0.653. The van der Waals surface area contributed by atoms with Crippen molar-refractivity contribution in [2.45, 2.75) is 58.4 Å². The van der Waals surface area contributed by atoms with Crippen molar-refractivity contribution in [2.75, 3.05) is 33.0 Å². The van der Waals surface area contributed by atoms with Crippen LogP contribution in [-0.2, 0) is 9.47 Å². The van der Waals surface area contributed by atoms with Gasteiger partial charge in [0.15, 0.2) is 0 Å². The van der Waals surface area contributed by atoms with Crippen molar-refractivity contribution in [2.24, 2.45) is 5.92 Å². The summed E-state index contributed by atoms with van der Waals surface area (Å²) >= 11 is 0. The molecular formula is C15H31NO2. The molecule has 0 amide bonds. The van der Waals surface area contributed by atoms with E-state index in [1.54, 1.807) is 0 Å². The highest BCUT2D eigenvalue weighted by molar-refractivity contribution is 4.63. The molecule has 0 aromatic carbocycles. The van der Waals surface area contributed by atoms with Gasteiger partial charge in [-0.25, -0.2) is 0 Å². The first-order chi connectivity index (χ1) is 8.83. The Morgan fingerprint density at radius 1 is 1.28 bits per heavy atom. The summed E-state index contributed by atoms with van der Waals surface area (Å²) in [6.07, 6.45) is 7.31. The molecule has 1 unspecified atom stereocenters. The van der Waals surface area contributed by atoms with E-state index in [9.17, 15) is 0 Å². The van der Waals surface area contributed by atoms with Crippen LogP contribution in [-0.4, -0.2) is 39.0 Å². The molecule has 3 heteroatoms. The number of hydrogen-bond donors (Lipinski definition) is 1. The van der Waals surface area contributed by atoms with Crippen LogP contribution in [0.15, 0.2) is 0 Å². The van der Waals surface area contributed by atoms with Crippen molar-refractivity contribution in [3.05, 3.63) is 0 Å². The van der Waals surface area contributed by atoms with Gasteiger partial charge in [-0.3, -0.25) is 0 Å². The summed E-state index contributed by atoms with van der Waals surface area (Å²) in [5.74, 6) is 0.740. The van der Waals surface area contributed by atoms with Crippen molar-refractivity contribution in [3.8, 4) is 0 Å². The van der Waals surface area contributed by atoms with Gasteiger partial charge in [0.25, 0.3) is 0 Å². The van der Waals surface area contributed by atoms with Crippen LogP contribution >= 0.6 is 0 Å². The minimum Gasteiger partial charge on any atom is -0.381 e. The molecule has 3 nitrogen and oxygen atoms in total. The lowest BCUT2D eigenvalue weighted by molar-refractivity contribution is 0.0197. The molecule has 18 heavy (non-hydrogen) atoms. The Kier molecular flexibility index (Phi) is 9.54. The number of ether oxygens (including phenoxy) is 2. The fourth-order valence-corrected chi connectivity index (χ4v) is 2.31. The standard InChI is InChI=1S/C15H31NO2/c1-3-9-16-14(2)6-4-5-10-18-13-15-7-11-17-12-8-15/h14-16H,3-13H2,1-2H3. The lowest BCUT2D eigenvalue weighted by Gasteiger charge is -2.21. The molecule has 1 rings (SSSR count). The van der Waals surface area contributed by atoms with Crippen LogP contribution in [0.25, 0.3) is 0 Å². The SMILES string of the molecule is CCCNC(C)CCCCOCC1CCOCC1. The topological polar surface area (TPSA) is 30.5 Å². The highest BCUT2D eigenvalue weighted by Gasteiger charge is 2.13. The Labute approximate surface area is 113 Å². The van der Waals surface area contributed by atoms with Gasteiger partial charge >= 0.3 is 0 Å². The van der Waals surface area contributed by atoms with Crippen LogP contribution in [0, 0.1) is 5.92 Å². The van der Waals surface area contributed by atoms with Crippen LogP contribution in [0.3, 0.4) is 0 Å². The number of nitrogens with one attached hydrogen (secondary N) is 1. The maximum absolute atomic E-state index is 5.76. The molecule has 0 radical (unpaired) electrons. The molecule has 1 fully saturated rings. The van der Waals surface area contributed by atoms with Crippen molar-refractivity contribution >= 4 is 0 Å². The third-order valence-corrected chi connectivity index (χ3v) is 3.61. The van der Waals surface area contributed by atoms with Gasteiger partial charge in [-0.2, -0.15) is 0 Å². The van der Waals surface area contributed by atoms with Crippen LogP contribution < -0.4 is 5.32 Å². The van der Waals surface area contributed by atoms with Crippen LogP contribution in [0.2, 0.25) is 0 Å². The van der Waals surface area contributed by atoms with Crippen LogP contribution in [0.5, 0.6) is 0 Å². The van der Waals surface area contributed by atoms with Gasteiger partial charge < -0.3 is 14.8 Å². The van der Waals surface area contributed by atoms with E-state index in [4.69, 9.17) is 9.47 Å². The Balaban J connectivity index is 1.83. The van der Waals surface area contributed by atoms with E-state index in [-0.39, 0.29) is 0 Å². The monoisotopic (exact) mass is 257 g/mol. The van der Waals surface area contributed by atoms with Crippen molar-refractivity contribution in [3.63, 3.8) is 0 Å². The summed E-state index contributed by atoms with van der Waals surface area (Å²) in [7, 11) is 0. The van der Waals surface area contributed by atoms with Gasteiger partial charge in [-0.15, -0.1) is 0 Å². The molecule has 0 aliphatic carbocycles. The summed E-state index contributed by atoms with van der Waals surface area (Å²) in [5, 5.41) is 3.52. The zero-order valence-electron chi connectivity index (χ0n) is 12.2. The number of rotatable bonds is 10. The van der Waals surface area contributed by atoms with Gasteiger partial charge in [-0.1, -0.05) is 6.92 Å². The Morgan fingerprint density at radius 2 is 2.06 bits per heavy atom. The van der Waals surface area contributed by atoms with E-state index in [2.05, 4.69) is 19.2 Å². The second-order valence-electron chi connectivity index (χ2n) is 5.48. The molecule has 1 aliphatic heterocycles. The summed E-state index contributed by atoms with van der Waals surface area (Å²) in [4.78, 5) is 0. The van der Waals surface area contributed by atoms with E-state index in [1.165, 1.54) is 38.5 Å². The molecule has 1 aliphatic rings. The van der Waals surface area contributed by atoms with E-state index < -0.39 is 0 Å². The quantitative estimate of drug-likeness (QED) is 0.610. The summed E-state index contributed by atoms with van der Waals surface area (Å²) in [6, 6.07) is 0.653. The molecule has 0 aromatic heterocycles. The summed E-state index contributed by atoms with van der Waals surface area (Å²) in [5.41, 5.74) is 0. The third kappa shape index (κ3) is 8.06. The second kappa shape index (κ2) is 10.8. The average molecular weight is 257 g/mol. The zero-order valence-corrected chi connectivity index (χ0v) is 12.2. The summed E-state index contributed by atoms with van der Waals surface area (Å²) in [6.45, 7) is 9.35. The second-order valence-corrected chi connectivity index (χ2v) is 5.48. The van der Waals surface area contributed by atoms with Crippen molar-refractivity contribution in [1.82, 2.24) is 5.32 Å². The van der Waals surface area contributed by atoms with Gasteiger partial charge in [0.05, 0.1) is 0 Å². The molecule has 1 N–H and O–H groups in total. The van der Waals surface area contributed by atoms with E-state index in [1.807, 2.05) is 0 Å². The fraction of sp³-hybridized carbons (Fsp3) is 1.00. The normalized spacial score (nSPS) is 19.0. The van der Waals surface area contributed by atoms with E-state index in [0.717, 1.165) is 38.9 Å². The molecule has 0 saturated carbocycles. The summed E-state index contributed by atoms with van der Waals surface area (Å²) < 4.78 is 11.1. The molecule has 1 atom stereocenters.